The molecule has 8 nitrogen and oxygen atoms in total. The van der Waals surface area contributed by atoms with Crippen LogP contribution in [-0.2, 0) is 31.0 Å². The molecule has 0 bridgehead atoms. The van der Waals surface area contributed by atoms with Crippen LogP contribution in [-0.4, -0.2) is 36.5 Å². The molecule has 0 saturated carbocycles. The van der Waals surface area contributed by atoms with Crippen molar-refractivity contribution in [3.63, 3.8) is 0 Å². The molecule has 4 aromatic rings. The summed E-state index contributed by atoms with van der Waals surface area (Å²) in [4.78, 5) is 34.4. The Kier molecular flexibility index (Phi) is 6.41. The number of anilines is 1. The summed E-state index contributed by atoms with van der Waals surface area (Å²) in [5, 5.41) is 3.07. The quantitative estimate of drug-likeness (QED) is 0.389. The van der Waals surface area contributed by atoms with E-state index in [1.807, 2.05) is 35.0 Å². The van der Waals surface area contributed by atoms with Crippen molar-refractivity contribution in [2.75, 3.05) is 11.9 Å². The third kappa shape index (κ3) is 4.85. The fourth-order valence-electron chi connectivity index (χ4n) is 4.37. The van der Waals surface area contributed by atoms with Crippen molar-refractivity contribution in [1.82, 2.24) is 24.0 Å². The number of fused-ring (bicyclic) bond motifs is 1. The summed E-state index contributed by atoms with van der Waals surface area (Å²) in [5.41, 5.74) is 2.89. The number of hydrogen-bond acceptors (Lipinski definition) is 4. The van der Waals surface area contributed by atoms with Gasteiger partial charge in [-0.05, 0) is 29.7 Å². The van der Waals surface area contributed by atoms with E-state index in [0.717, 1.165) is 11.1 Å². The topological polar surface area (TPSA) is 87.9 Å². The summed E-state index contributed by atoms with van der Waals surface area (Å²) in [6, 6.07) is 12.4. The molecule has 0 unspecified atom stereocenters. The average Bonchev–Trinajstić information content (AvgIpc) is 3.59. The highest BCUT2D eigenvalue weighted by atomic mass is 35.5. The minimum absolute atomic E-state index is 0.00317. The first-order valence-electron chi connectivity index (χ1n) is 11.3. The van der Waals surface area contributed by atoms with Crippen molar-refractivity contribution in [3.8, 4) is 11.3 Å². The Morgan fingerprint density at radius 3 is 2.60 bits per heavy atom. The molecule has 5 rings (SSSR count). The molecular weight excluding hydrogens is 471 g/mol. The van der Waals surface area contributed by atoms with E-state index in [2.05, 4.69) is 15.3 Å². The Morgan fingerprint density at radius 1 is 1.14 bits per heavy atom. The molecule has 10 heteroatoms. The Hall–Kier alpha value is -3.85. The molecule has 0 fully saturated rings. The van der Waals surface area contributed by atoms with Gasteiger partial charge in [0, 0.05) is 44.1 Å². The highest BCUT2D eigenvalue weighted by molar-refractivity contribution is 6.30. The maximum Gasteiger partial charge on any atom is 0.327 e. The molecule has 0 radical (unpaired) electrons. The van der Waals surface area contributed by atoms with Gasteiger partial charge >= 0.3 is 5.69 Å². The monoisotopic (exact) mass is 494 g/mol. The molecule has 2 aromatic carbocycles. The number of benzene rings is 2. The third-order valence-electron chi connectivity index (χ3n) is 6.14. The number of hydrogen-bond donors (Lipinski definition) is 2. The number of rotatable bonds is 8. The van der Waals surface area contributed by atoms with Crippen molar-refractivity contribution in [3.05, 3.63) is 93.6 Å². The molecular formula is C25H24ClFN6O2. The second-order valence-corrected chi connectivity index (χ2v) is 8.87. The smallest absolute Gasteiger partial charge is 0.327 e. The van der Waals surface area contributed by atoms with E-state index in [0.29, 0.717) is 49.7 Å². The number of amides is 1. The lowest BCUT2D eigenvalue weighted by Crippen LogP contribution is -2.31. The van der Waals surface area contributed by atoms with Crippen LogP contribution in [0.15, 0.2) is 66.0 Å². The molecule has 1 aliphatic rings. The summed E-state index contributed by atoms with van der Waals surface area (Å²) in [7, 11) is 0. The Morgan fingerprint density at radius 2 is 1.91 bits per heavy atom. The van der Waals surface area contributed by atoms with Gasteiger partial charge in [0.2, 0.25) is 5.91 Å². The van der Waals surface area contributed by atoms with Gasteiger partial charge in [-0.2, -0.15) is 0 Å². The highest BCUT2D eigenvalue weighted by Crippen LogP contribution is 2.29. The number of nitrogens with zero attached hydrogens (tertiary/aromatic N) is 4. The second kappa shape index (κ2) is 9.79. The molecule has 1 amide bonds. The Balaban J connectivity index is 1.36. The van der Waals surface area contributed by atoms with E-state index >= 15 is 0 Å². The zero-order chi connectivity index (χ0) is 24.4. The molecule has 0 saturated heterocycles. The van der Waals surface area contributed by atoms with Crippen LogP contribution in [0.2, 0.25) is 5.02 Å². The number of H-pyrrole nitrogens is 1. The first-order chi connectivity index (χ1) is 17.0. The van der Waals surface area contributed by atoms with Gasteiger partial charge in [-0.15, -0.1) is 0 Å². The molecule has 0 aliphatic carbocycles. The standard InChI is InChI=1S/C25H24ClFN6O2/c26-20-7-6-17(12-21(20)27)23-24(30-25(35)33(23)10-3-9-31-11-8-28-16-31)29-13-22(34)32-14-18-4-1-2-5-19(18)15-32/h1-2,4-8,11-12,16,29H,3,9-10,13-15H2,(H,30,35). The van der Waals surface area contributed by atoms with Crippen LogP contribution in [0.3, 0.4) is 0 Å². The number of imidazole rings is 2. The Bertz CT molecular complexity index is 1390. The van der Waals surface area contributed by atoms with Crippen LogP contribution < -0.4 is 11.0 Å². The molecule has 2 N–H and O–H groups in total. The minimum atomic E-state index is -0.584. The van der Waals surface area contributed by atoms with Crippen molar-refractivity contribution < 1.29 is 9.18 Å². The van der Waals surface area contributed by atoms with Crippen LogP contribution in [0.5, 0.6) is 0 Å². The van der Waals surface area contributed by atoms with Crippen LogP contribution in [0, 0.1) is 5.82 Å². The van der Waals surface area contributed by atoms with E-state index in [1.54, 1.807) is 28.1 Å². The van der Waals surface area contributed by atoms with Gasteiger partial charge in [0.15, 0.2) is 0 Å². The summed E-state index contributed by atoms with van der Waals surface area (Å²) in [5.74, 6) is -0.313. The van der Waals surface area contributed by atoms with Gasteiger partial charge in [-0.25, -0.2) is 14.2 Å². The lowest BCUT2D eigenvalue weighted by atomic mass is 10.1. The first-order valence-corrected chi connectivity index (χ1v) is 11.7. The third-order valence-corrected chi connectivity index (χ3v) is 6.45. The van der Waals surface area contributed by atoms with Gasteiger partial charge in [0.1, 0.15) is 11.6 Å². The van der Waals surface area contributed by atoms with Gasteiger partial charge in [-0.3, -0.25) is 14.3 Å². The maximum atomic E-state index is 14.3. The zero-order valence-corrected chi connectivity index (χ0v) is 19.6. The maximum absolute atomic E-state index is 14.3. The molecule has 1 aliphatic heterocycles. The molecule has 180 valence electrons. The van der Waals surface area contributed by atoms with Crippen LogP contribution in [0.1, 0.15) is 17.5 Å². The van der Waals surface area contributed by atoms with E-state index in [1.165, 1.54) is 12.1 Å². The predicted octanol–water partition coefficient (Wildman–Crippen LogP) is 3.88. The van der Waals surface area contributed by atoms with E-state index in [9.17, 15) is 14.0 Å². The SMILES string of the molecule is O=C(CNc1[nH]c(=O)n(CCCn2ccnc2)c1-c1ccc(Cl)c(F)c1)N1Cc2ccccc2C1. The summed E-state index contributed by atoms with van der Waals surface area (Å²) < 4.78 is 17.8. The van der Waals surface area contributed by atoms with Crippen molar-refractivity contribution in [2.24, 2.45) is 0 Å². The van der Waals surface area contributed by atoms with Crippen LogP contribution in [0.25, 0.3) is 11.3 Å². The average molecular weight is 495 g/mol. The van der Waals surface area contributed by atoms with Crippen LogP contribution in [0.4, 0.5) is 10.2 Å². The predicted molar refractivity (Wildman–Crippen MR) is 131 cm³/mol. The number of aromatic nitrogens is 4. The molecule has 2 aromatic heterocycles. The molecule has 3 heterocycles. The number of carbonyl (C=O) groups excluding carboxylic acids is 1. The lowest BCUT2D eigenvalue weighted by Gasteiger charge is -2.17. The van der Waals surface area contributed by atoms with Crippen molar-refractivity contribution in [2.45, 2.75) is 32.6 Å². The second-order valence-electron chi connectivity index (χ2n) is 8.46. The van der Waals surface area contributed by atoms with Crippen molar-refractivity contribution >= 4 is 23.3 Å². The zero-order valence-electron chi connectivity index (χ0n) is 18.9. The van der Waals surface area contributed by atoms with Gasteiger partial charge in [0.05, 0.1) is 23.6 Å². The fraction of sp³-hybridized carbons (Fsp3) is 0.240. The molecule has 0 spiro atoms. The minimum Gasteiger partial charge on any atom is -0.361 e. The lowest BCUT2D eigenvalue weighted by molar-refractivity contribution is -0.129. The summed E-state index contributed by atoms with van der Waals surface area (Å²) in [6.07, 6.45) is 5.92. The first kappa shape index (κ1) is 22.9. The van der Waals surface area contributed by atoms with Gasteiger partial charge < -0.3 is 14.8 Å². The van der Waals surface area contributed by atoms with E-state index in [-0.39, 0.29) is 23.2 Å². The number of aryl methyl sites for hydroxylation is 1. The van der Waals surface area contributed by atoms with E-state index < -0.39 is 5.82 Å². The number of carbonyl (C=O) groups is 1. The van der Waals surface area contributed by atoms with Crippen molar-refractivity contribution in [1.29, 1.82) is 0 Å². The highest BCUT2D eigenvalue weighted by Gasteiger charge is 2.24. The normalized spacial score (nSPS) is 12.7. The largest absolute Gasteiger partial charge is 0.361 e. The summed E-state index contributed by atoms with van der Waals surface area (Å²) >= 11 is 5.88. The van der Waals surface area contributed by atoms with E-state index in [4.69, 9.17) is 11.6 Å². The number of halogens is 2. The molecule has 35 heavy (non-hydrogen) atoms. The van der Waals surface area contributed by atoms with Gasteiger partial charge in [0.25, 0.3) is 0 Å². The number of aromatic amines is 1. The van der Waals surface area contributed by atoms with Crippen LogP contribution >= 0.6 is 11.6 Å². The van der Waals surface area contributed by atoms with Gasteiger partial charge in [-0.1, -0.05) is 41.9 Å². The fourth-order valence-corrected chi connectivity index (χ4v) is 4.49. The summed E-state index contributed by atoms with van der Waals surface area (Å²) in [6.45, 7) is 2.16. The number of nitrogens with one attached hydrogen (secondary N) is 2. The molecule has 0 atom stereocenters. The Labute approximate surface area is 206 Å².